The molecule has 0 spiro atoms. The van der Waals surface area contributed by atoms with Crippen LogP contribution in [0.2, 0.25) is 0 Å². The Labute approximate surface area is 204 Å². The Hall–Kier alpha value is -2.19. The maximum Gasteiger partial charge on any atom is 0.270 e. The first kappa shape index (κ1) is 25.4. The van der Waals surface area contributed by atoms with Crippen LogP contribution in [-0.2, 0) is 20.8 Å². The van der Waals surface area contributed by atoms with Gasteiger partial charge in [-0.15, -0.1) is 0 Å². The Morgan fingerprint density at radius 1 is 1.24 bits per heavy atom. The van der Waals surface area contributed by atoms with E-state index in [1.807, 2.05) is 13.8 Å². The third-order valence-electron chi connectivity index (χ3n) is 5.63. The molecule has 0 N–H and O–H groups in total. The minimum atomic E-state index is -0.293. The minimum absolute atomic E-state index is 0.110. The van der Waals surface area contributed by atoms with E-state index in [0.29, 0.717) is 73.8 Å². The van der Waals surface area contributed by atoms with Gasteiger partial charge >= 0.3 is 0 Å². The van der Waals surface area contributed by atoms with Crippen LogP contribution in [0.4, 0.5) is 5.82 Å². The summed E-state index contributed by atoms with van der Waals surface area (Å²) < 4.78 is 13.1. The van der Waals surface area contributed by atoms with Gasteiger partial charge in [0, 0.05) is 45.0 Å². The molecular formula is C23H30N4O4S2. The smallest absolute Gasteiger partial charge is 0.270 e. The SMILES string of the molecule is CCCn1c(N2CCOCC2)c(C=C2SC(=S)N(CCCOCC)C2=O)c(C)c(C#N)c1=O. The molecule has 0 saturated carbocycles. The molecule has 0 unspecified atom stereocenters. The second-order valence-corrected chi connectivity index (χ2v) is 9.46. The Morgan fingerprint density at radius 3 is 2.61 bits per heavy atom. The van der Waals surface area contributed by atoms with E-state index in [1.54, 1.807) is 22.5 Å². The molecule has 10 heteroatoms. The molecule has 2 saturated heterocycles. The number of hydrogen-bond donors (Lipinski definition) is 0. The Kier molecular flexibility index (Phi) is 9.09. The van der Waals surface area contributed by atoms with Gasteiger partial charge in [-0.25, -0.2) is 0 Å². The summed E-state index contributed by atoms with van der Waals surface area (Å²) in [6.07, 6.45) is 3.24. The van der Waals surface area contributed by atoms with Gasteiger partial charge in [0.05, 0.1) is 18.1 Å². The first-order chi connectivity index (χ1) is 15.9. The molecule has 0 aromatic carbocycles. The summed E-state index contributed by atoms with van der Waals surface area (Å²) in [5.74, 6) is 0.587. The highest BCUT2D eigenvalue weighted by atomic mass is 32.2. The second kappa shape index (κ2) is 11.8. The highest BCUT2D eigenvalue weighted by Crippen LogP contribution is 2.36. The first-order valence-corrected chi connectivity index (χ1v) is 12.5. The van der Waals surface area contributed by atoms with Gasteiger partial charge in [0.2, 0.25) is 0 Å². The average molecular weight is 491 g/mol. The number of anilines is 1. The quantitative estimate of drug-likeness (QED) is 0.297. The summed E-state index contributed by atoms with van der Waals surface area (Å²) in [4.78, 5) is 30.5. The van der Waals surface area contributed by atoms with Gasteiger partial charge in [-0.1, -0.05) is 30.9 Å². The van der Waals surface area contributed by atoms with Crippen molar-refractivity contribution in [3.63, 3.8) is 0 Å². The largest absolute Gasteiger partial charge is 0.382 e. The summed E-state index contributed by atoms with van der Waals surface area (Å²) in [5.41, 5.74) is 1.12. The number of nitrogens with zero attached hydrogens (tertiary/aromatic N) is 4. The zero-order valence-electron chi connectivity index (χ0n) is 19.4. The molecule has 1 aromatic heterocycles. The third-order valence-corrected chi connectivity index (χ3v) is 7.01. The monoisotopic (exact) mass is 490 g/mol. The van der Waals surface area contributed by atoms with Crippen molar-refractivity contribution in [2.75, 3.05) is 51.0 Å². The van der Waals surface area contributed by atoms with E-state index < -0.39 is 0 Å². The van der Waals surface area contributed by atoms with Crippen molar-refractivity contribution in [2.24, 2.45) is 0 Å². The number of morpholine rings is 1. The third kappa shape index (κ3) is 5.49. The van der Waals surface area contributed by atoms with Crippen LogP contribution in [0.15, 0.2) is 9.70 Å². The molecule has 3 heterocycles. The van der Waals surface area contributed by atoms with Gasteiger partial charge in [-0.3, -0.25) is 19.1 Å². The molecule has 2 fully saturated rings. The van der Waals surface area contributed by atoms with Crippen LogP contribution in [0.5, 0.6) is 0 Å². The lowest BCUT2D eigenvalue weighted by molar-refractivity contribution is -0.122. The van der Waals surface area contributed by atoms with Gasteiger partial charge in [-0.2, -0.15) is 5.26 Å². The van der Waals surface area contributed by atoms with E-state index in [9.17, 15) is 14.9 Å². The molecule has 1 aromatic rings. The van der Waals surface area contributed by atoms with E-state index in [0.717, 1.165) is 17.8 Å². The number of hydrogen-bond acceptors (Lipinski definition) is 8. The van der Waals surface area contributed by atoms with Crippen LogP contribution in [0.1, 0.15) is 43.4 Å². The van der Waals surface area contributed by atoms with E-state index in [4.69, 9.17) is 21.7 Å². The Balaban J connectivity index is 2.08. The van der Waals surface area contributed by atoms with Crippen molar-refractivity contribution in [1.29, 1.82) is 5.26 Å². The highest BCUT2D eigenvalue weighted by Gasteiger charge is 2.33. The number of carbonyl (C=O) groups excluding carboxylic acids is 1. The number of ether oxygens (including phenoxy) is 2. The highest BCUT2D eigenvalue weighted by molar-refractivity contribution is 8.26. The van der Waals surface area contributed by atoms with Gasteiger partial charge in [-0.05, 0) is 38.3 Å². The predicted octanol–water partition coefficient (Wildman–Crippen LogP) is 2.90. The standard InChI is InChI=1S/C23H30N4O4S2/c1-4-7-26-20(25-9-12-31-13-10-25)17(16(3)18(15-24)21(26)28)14-19-22(29)27(23(32)33-19)8-6-11-30-5-2/h14H,4-13H2,1-3H3. The zero-order valence-corrected chi connectivity index (χ0v) is 21.0. The molecule has 33 heavy (non-hydrogen) atoms. The first-order valence-electron chi connectivity index (χ1n) is 11.3. The fourth-order valence-electron chi connectivity index (χ4n) is 3.98. The number of nitriles is 1. The lowest BCUT2D eigenvalue weighted by atomic mass is 10.0. The number of pyridine rings is 1. The molecule has 2 aliphatic heterocycles. The Bertz CT molecular complexity index is 1040. The van der Waals surface area contributed by atoms with Crippen molar-refractivity contribution < 1.29 is 14.3 Å². The predicted molar refractivity (Wildman–Crippen MR) is 134 cm³/mol. The average Bonchev–Trinajstić information content (AvgIpc) is 3.08. The molecule has 8 nitrogen and oxygen atoms in total. The molecule has 3 rings (SSSR count). The van der Waals surface area contributed by atoms with Gasteiger partial charge in [0.15, 0.2) is 0 Å². The van der Waals surface area contributed by atoms with E-state index >= 15 is 0 Å². The molecule has 2 aliphatic rings. The number of carbonyl (C=O) groups is 1. The molecule has 0 atom stereocenters. The van der Waals surface area contributed by atoms with E-state index in [2.05, 4.69) is 11.0 Å². The maximum absolute atomic E-state index is 13.2. The van der Waals surface area contributed by atoms with Crippen molar-refractivity contribution in [2.45, 2.75) is 40.2 Å². The lowest BCUT2D eigenvalue weighted by Crippen LogP contribution is -2.41. The summed E-state index contributed by atoms with van der Waals surface area (Å²) in [5, 5.41) is 9.72. The number of thiocarbonyl (C=S) groups is 1. The maximum atomic E-state index is 13.2. The van der Waals surface area contributed by atoms with Crippen molar-refractivity contribution >= 4 is 46.1 Å². The van der Waals surface area contributed by atoms with E-state index in [-0.39, 0.29) is 17.0 Å². The van der Waals surface area contributed by atoms with Gasteiger partial charge in [0.1, 0.15) is 21.8 Å². The molecule has 178 valence electrons. The number of rotatable bonds is 9. The summed E-state index contributed by atoms with van der Waals surface area (Å²) in [7, 11) is 0. The second-order valence-electron chi connectivity index (χ2n) is 7.79. The number of aromatic nitrogens is 1. The number of amides is 1. The molecule has 0 aliphatic carbocycles. The fraction of sp³-hybridized carbons (Fsp3) is 0.565. The lowest BCUT2D eigenvalue weighted by Gasteiger charge is -2.33. The zero-order chi connectivity index (χ0) is 24.0. The van der Waals surface area contributed by atoms with Crippen LogP contribution in [0.25, 0.3) is 6.08 Å². The van der Waals surface area contributed by atoms with Crippen LogP contribution in [0.3, 0.4) is 0 Å². The van der Waals surface area contributed by atoms with Gasteiger partial charge in [0.25, 0.3) is 11.5 Å². The summed E-state index contributed by atoms with van der Waals surface area (Å²) in [6, 6.07) is 2.08. The normalized spacial score (nSPS) is 17.8. The molecular weight excluding hydrogens is 460 g/mol. The summed E-state index contributed by atoms with van der Waals surface area (Å²) >= 11 is 6.72. The van der Waals surface area contributed by atoms with Crippen LogP contribution in [0, 0.1) is 18.3 Å². The van der Waals surface area contributed by atoms with E-state index in [1.165, 1.54) is 11.8 Å². The fourth-order valence-corrected chi connectivity index (χ4v) is 5.27. The molecule has 0 bridgehead atoms. The molecule has 0 radical (unpaired) electrons. The number of thioether (sulfide) groups is 1. The van der Waals surface area contributed by atoms with Crippen LogP contribution in [-0.4, -0.2) is 65.8 Å². The van der Waals surface area contributed by atoms with Crippen LogP contribution < -0.4 is 10.5 Å². The van der Waals surface area contributed by atoms with Crippen molar-refractivity contribution in [3.8, 4) is 6.07 Å². The summed E-state index contributed by atoms with van der Waals surface area (Å²) in [6.45, 7) is 10.3. The van der Waals surface area contributed by atoms with Crippen molar-refractivity contribution in [3.05, 3.63) is 31.9 Å². The van der Waals surface area contributed by atoms with Gasteiger partial charge < -0.3 is 14.4 Å². The van der Waals surface area contributed by atoms with Crippen LogP contribution >= 0.6 is 24.0 Å². The minimum Gasteiger partial charge on any atom is -0.382 e. The topological polar surface area (TPSA) is 87.8 Å². The van der Waals surface area contributed by atoms with Crippen molar-refractivity contribution in [1.82, 2.24) is 9.47 Å². The Morgan fingerprint density at radius 2 is 1.97 bits per heavy atom. The molecule has 1 amide bonds.